The Balaban J connectivity index is 1.97. The fraction of sp³-hybridized carbons (Fsp3) is 0.500. The lowest BCUT2D eigenvalue weighted by Crippen LogP contribution is -2.66. The summed E-state index contributed by atoms with van der Waals surface area (Å²) in [4.78, 5) is 25.9. The van der Waals surface area contributed by atoms with Crippen LogP contribution in [0.1, 0.15) is 30.7 Å². The van der Waals surface area contributed by atoms with Crippen LogP contribution >= 0.6 is 0 Å². The highest BCUT2D eigenvalue weighted by molar-refractivity contribution is 5.99. The van der Waals surface area contributed by atoms with Crippen molar-refractivity contribution in [2.45, 2.75) is 30.9 Å². The number of likely N-dealkylation sites (tertiary alicyclic amines) is 1. The van der Waals surface area contributed by atoms with Gasteiger partial charge in [-0.3, -0.25) is 9.59 Å². The Hall–Kier alpha value is -2.04. The summed E-state index contributed by atoms with van der Waals surface area (Å²) in [6.07, 6.45) is 2.64. The van der Waals surface area contributed by atoms with Crippen molar-refractivity contribution in [2.75, 3.05) is 7.05 Å². The van der Waals surface area contributed by atoms with Gasteiger partial charge in [0.15, 0.2) is 5.72 Å². The molecule has 21 heavy (non-hydrogen) atoms. The fourth-order valence-corrected chi connectivity index (χ4v) is 4.53. The van der Waals surface area contributed by atoms with E-state index in [9.17, 15) is 14.7 Å². The van der Waals surface area contributed by atoms with Crippen LogP contribution in [-0.4, -0.2) is 34.7 Å². The van der Waals surface area contributed by atoms with Gasteiger partial charge in [-0.1, -0.05) is 18.2 Å². The number of carbonyl (C=O) groups is 2. The number of carboxylic acids is 1. The van der Waals surface area contributed by atoms with E-state index in [2.05, 4.69) is 0 Å². The lowest BCUT2D eigenvalue weighted by Gasteiger charge is -2.55. The second-order valence-electron chi connectivity index (χ2n) is 6.22. The molecule has 2 heterocycles. The zero-order valence-electron chi connectivity index (χ0n) is 11.8. The Morgan fingerprint density at radius 1 is 1.43 bits per heavy atom. The Kier molecular flexibility index (Phi) is 2.41. The van der Waals surface area contributed by atoms with Crippen molar-refractivity contribution < 1.29 is 19.4 Å². The molecule has 1 aromatic carbocycles. The van der Waals surface area contributed by atoms with E-state index in [-0.39, 0.29) is 17.7 Å². The minimum atomic E-state index is -1.03. The summed E-state index contributed by atoms with van der Waals surface area (Å²) in [5.74, 6) is -1.86. The molecule has 2 aliphatic heterocycles. The Bertz CT molecular complexity index is 643. The Morgan fingerprint density at radius 3 is 2.95 bits per heavy atom. The second-order valence-corrected chi connectivity index (χ2v) is 6.22. The highest BCUT2D eigenvalue weighted by Crippen LogP contribution is 2.59. The number of piperidine rings is 1. The van der Waals surface area contributed by atoms with Crippen LogP contribution in [0.15, 0.2) is 24.3 Å². The lowest BCUT2D eigenvalue weighted by molar-refractivity contribution is -0.189. The molecule has 2 fully saturated rings. The monoisotopic (exact) mass is 287 g/mol. The van der Waals surface area contributed by atoms with Gasteiger partial charge in [-0.25, -0.2) is 0 Å². The van der Waals surface area contributed by atoms with Crippen LogP contribution < -0.4 is 4.74 Å². The normalized spacial score (nSPS) is 36.7. The molecule has 0 radical (unpaired) electrons. The summed E-state index contributed by atoms with van der Waals surface area (Å²) in [6.45, 7) is 0. The molecule has 1 aromatic rings. The molecule has 5 heteroatoms. The van der Waals surface area contributed by atoms with E-state index < -0.39 is 17.6 Å². The van der Waals surface area contributed by atoms with Crippen LogP contribution in [0.4, 0.5) is 0 Å². The van der Waals surface area contributed by atoms with Crippen molar-refractivity contribution in [3.63, 3.8) is 0 Å². The predicted molar refractivity (Wildman–Crippen MR) is 73.8 cm³/mol. The quantitative estimate of drug-likeness (QED) is 0.800. The van der Waals surface area contributed by atoms with Gasteiger partial charge >= 0.3 is 5.97 Å². The molecule has 0 spiro atoms. The molecule has 3 aliphatic rings. The predicted octanol–water partition coefficient (Wildman–Crippen LogP) is 1.83. The van der Waals surface area contributed by atoms with E-state index in [1.807, 2.05) is 24.3 Å². The second kappa shape index (κ2) is 4.00. The molecule has 2 bridgehead atoms. The SMILES string of the molecule is CN1C(=O)[C@@H](C(=O)O)[C@H]2c3ccccc3O[C@@]13CCC[C@@H]23. The largest absolute Gasteiger partial charge is 0.481 e. The number of hydrogen-bond donors (Lipinski definition) is 1. The number of rotatable bonds is 1. The molecule has 1 N–H and O–H groups in total. The van der Waals surface area contributed by atoms with E-state index in [1.165, 1.54) is 0 Å². The summed E-state index contributed by atoms with van der Waals surface area (Å²) in [5.41, 5.74) is 0.219. The maximum atomic E-state index is 12.6. The van der Waals surface area contributed by atoms with Gasteiger partial charge in [0.25, 0.3) is 0 Å². The van der Waals surface area contributed by atoms with Gasteiger partial charge in [-0.15, -0.1) is 0 Å². The molecular weight excluding hydrogens is 270 g/mol. The molecule has 0 aromatic heterocycles. The fourth-order valence-electron chi connectivity index (χ4n) is 4.53. The number of para-hydroxylation sites is 1. The minimum absolute atomic E-state index is 0.0659. The summed E-state index contributed by atoms with van der Waals surface area (Å²) < 4.78 is 6.24. The summed E-state index contributed by atoms with van der Waals surface area (Å²) >= 11 is 0. The van der Waals surface area contributed by atoms with Gasteiger partial charge in [0.2, 0.25) is 5.91 Å². The van der Waals surface area contributed by atoms with Crippen molar-refractivity contribution in [1.29, 1.82) is 0 Å². The zero-order valence-corrected chi connectivity index (χ0v) is 11.8. The van der Waals surface area contributed by atoms with Crippen LogP contribution in [-0.2, 0) is 9.59 Å². The van der Waals surface area contributed by atoms with Gasteiger partial charge < -0.3 is 14.7 Å². The van der Waals surface area contributed by atoms with Crippen molar-refractivity contribution in [3.8, 4) is 5.75 Å². The first kappa shape index (κ1) is 12.7. The van der Waals surface area contributed by atoms with Gasteiger partial charge in [-0.2, -0.15) is 0 Å². The average molecular weight is 287 g/mol. The van der Waals surface area contributed by atoms with E-state index in [0.29, 0.717) is 0 Å². The number of carbonyl (C=O) groups excluding carboxylic acids is 1. The molecular formula is C16H17NO4. The molecule has 4 atom stereocenters. The third-order valence-electron chi connectivity index (χ3n) is 5.42. The summed E-state index contributed by atoms with van der Waals surface area (Å²) in [6, 6.07) is 7.54. The first-order chi connectivity index (χ1) is 10.1. The smallest absolute Gasteiger partial charge is 0.316 e. The van der Waals surface area contributed by atoms with Crippen LogP contribution in [0.3, 0.4) is 0 Å². The van der Waals surface area contributed by atoms with Gasteiger partial charge in [0.05, 0.1) is 0 Å². The molecule has 1 aliphatic carbocycles. The van der Waals surface area contributed by atoms with E-state index in [1.54, 1.807) is 11.9 Å². The van der Waals surface area contributed by atoms with Crippen molar-refractivity contribution in [3.05, 3.63) is 29.8 Å². The van der Waals surface area contributed by atoms with Crippen molar-refractivity contribution >= 4 is 11.9 Å². The van der Waals surface area contributed by atoms with E-state index in [0.717, 1.165) is 30.6 Å². The third kappa shape index (κ3) is 1.41. The maximum absolute atomic E-state index is 12.6. The molecule has 4 rings (SSSR count). The zero-order chi connectivity index (χ0) is 14.8. The molecule has 1 amide bonds. The number of nitrogens with zero attached hydrogens (tertiary/aromatic N) is 1. The number of amides is 1. The maximum Gasteiger partial charge on any atom is 0.316 e. The third-order valence-corrected chi connectivity index (χ3v) is 5.42. The first-order valence-electron chi connectivity index (χ1n) is 7.35. The Morgan fingerprint density at radius 2 is 2.19 bits per heavy atom. The number of aliphatic carboxylic acids is 1. The highest BCUT2D eigenvalue weighted by atomic mass is 16.5. The van der Waals surface area contributed by atoms with Gasteiger partial charge in [0, 0.05) is 25.3 Å². The minimum Gasteiger partial charge on any atom is -0.481 e. The van der Waals surface area contributed by atoms with Crippen molar-refractivity contribution in [2.24, 2.45) is 11.8 Å². The molecule has 1 saturated heterocycles. The number of fused-ring (bicyclic) bond motifs is 2. The van der Waals surface area contributed by atoms with Gasteiger partial charge in [0.1, 0.15) is 11.7 Å². The topological polar surface area (TPSA) is 66.8 Å². The van der Waals surface area contributed by atoms with E-state index >= 15 is 0 Å². The Labute approximate surface area is 122 Å². The molecule has 110 valence electrons. The lowest BCUT2D eigenvalue weighted by atomic mass is 9.67. The first-order valence-corrected chi connectivity index (χ1v) is 7.35. The summed E-state index contributed by atoms with van der Waals surface area (Å²) in [7, 11) is 1.68. The molecule has 5 nitrogen and oxygen atoms in total. The number of carboxylic acid groups (broad SMARTS) is 1. The summed E-state index contributed by atoms with van der Waals surface area (Å²) in [5, 5.41) is 9.59. The van der Waals surface area contributed by atoms with Crippen LogP contribution in [0, 0.1) is 11.8 Å². The van der Waals surface area contributed by atoms with E-state index in [4.69, 9.17) is 4.74 Å². The molecule has 1 saturated carbocycles. The average Bonchev–Trinajstić information content (AvgIpc) is 2.89. The molecule has 0 unspecified atom stereocenters. The standard InChI is InChI=1S/C16H17NO4/c1-17-14(18)13(15(19)20)12-9-5-2-3-7-11(9)21-16(17)8-4-6-10(12)16/h2-3,5,7,10,12-13H,4,6,8H2,1H3,(H,19,20)/t10-,12-,13-,16+/m0/s1. The number of ether oxygens (including phenoxy) is 1. The van der Waals surface area contributed by atoms with Gasteiger partial charge in [-0.05, 0) is 24.5 Å². The van der Waals surface area contributed by atoms with Crippen molar-refractivity contribution in [1.82, 2.24) is 4.90 Å². The number of benzene rings is 1. The van der Waals surface area contributed by atoms with Crippen LogP contribution in [0.5, 0.6) is 5.75 Å². The highest BCUT2D eigenvalue weighted by Gasteiger charge is 2.64. The van der Waals surface area contributed by atoms with Crippen LogP contribution in [0.2, 0.25) is 0 Å². The van der Waals surface area contributed by atoms with Crippen LogP contribution in [0.25, 0.3) is 0 Å². The number of hydrogen-bond acceptors (Lipinski definition) is 3.